The molecule has 1 aliphatic rings. The number of hydrogen-bond acceptors (Lipinski definition) is 4. The number of anilines is 1. The molecule has 2 aromatic rings. The SMILES string of the molecule is COc1ccc2c(c1)N(Cc1ccc(C(=O)N(C)C)[nH]1)C[C@H](C)O2. The molecule has 1 atom stereocenters. The number of nitrogens with zero attached hydrogens (tertiary/aromatic N) is 2. The van der Waals surface area contributed by atoms with Crippen LogP contribution in [0.25, 0.3) is 0 Å². The number of hydrogen-bond donors (Lipinski definition) is 1. The summed E-state index contributed by atoms with van der Waals surface area (Å²) in [7, 11) is 5.15. The number of aromatic amines is 1. The summed E-state index contributed by atoms with van der Waals surface area (Å²) in [5.74, 6) is 1.62. The van der Waals surface area contributed by atoms with E-state index in [9.17, 15) is 4.79 Å². The van der Waals surface area contributed by atoms with Crippen molar-refractivity contribution >= 4 is 11.6 Å². The highest BCUT2D eigenvalue weighted by Gasteiger charge is 2.24. The fraction of sp³-hybridized carbons (Fsp3) is 0.389. The molecule has 0 radical (unpaired) electrons. The molecule has 128 valence electrons. The molecule has 0 saturated carbocycles. The Kier molecular flexibility index (Phi) is 4.38. The lowest BCUT2D eigenvalue weighted by Crippen LogP contribution is -2.38. The van der Waals surface area contributed by atoms with Crippen molar-refractivity contribution in [1.82, 2.24) is 9.88 Å². The molecule has 3 rings (SSSR count). The lowest BCUT2D eigenvalue weighted by Gasteiger charge is -2.35. The quantitative estimate of drug-likeness (QED) is 0.936. The van der Waals surface area contributed by atoms with E-state index >= 15 is 0 Å². The van der Waals surface area contributed by atoms with Crippen LogP contribution in [0.2, 0.25) is 0 Å². The minimum atomic E-state index is -0.0290. The zero-order valence-electron chi connectivity index (χ0n) is 14.5. The second kappa shape index (κ2) is 6.47. The molecule has 1 aromatic heterocycles. The molecule has 1 N–H and O–H groups in total. The Balaban J connectivity index is 1.84. The summed E-state index contributed by atoms with van der Waals surface area (Å²) in [6.07, 6.45) is 0.101. The molecule has 2 heterocycles. The molecule has 0 spiro atoms. The van der Waals surface area contributed by atoms with Crippen molar-refractivity contribution in [3.63, 3.8) is 0 Å². The first-order valence-electron chi connectivity index (χ1n) is 7.97. The van der Waals surface area contributed by atoms with E-state index in [1.807, 2.05) is 30.3 Å². The molecule has 0 aliphatic carbocycles. The minimum Gasteiger partial charge on any atom is -0.497 e. The summed E-state index contributed by atoms with van der Waals surface area (Å²) in [4.78, 5) is 19.0. The maximum Gasteiger partial charge on any atom is 0.269 e. The van der Waals surface area contributed by atoms with Crippen molar-refractivity contribution in [2.24, 2.45) is 0 Å². The molecule has 6 nitrogen and oxygen atoms in total. The predicted molar refractivity (Wildman–Crippen MR) is 92.9 cm³/mol. The van der Waals surface area contributed by atoms with Crippen LogP contribution in [0.4, 0.5) is 5.69 Å². The highest BCUT2D eigenvalue weighted by Crippen LogP contribution is 2.37. The van der Waals surface area contributed by atoms with E-state index in [4.69, 9.17) is 9.47 Å². The third-order valence-electron chi connectivity index (χ3n) is 4.06. The summed E-state index contributed by atoms with van der Waals surface area (Å²) < 4.78 is 11.2. The van der Waals surface area contributed by atoms with Gasteiger partial charge in [0.25, 0.3) is 5.91 Å². The van der Waals surface area contributed by atoms with Crippen LogP contribution in [0, 0.1) is 0 Å². The zero-order chi connectivity index (χ0) is 17.3. The smallest absolute Gasteiger partial charge is 0.269 e. The van der Waals surface area contributed by atoms with Gasteiger partial charge in [-0.1, -0.05) is 0 Å². The Bertz CT molecular complexity index is 739. The van der Waals surface area contributed by atoms with E-state index in [1.54, 1.807) is 26.1 Å². The van der Waals surface area contributed by atoms with Crippen molar-refractivity contribution in [2.75, 3.05) is 32.6 Å². The Morgan fingerprint density at radius 2 is 2.17 bits per heavy atom. The lowest BCUT2D eigenvalue weighted by molar-refractivity contribution is 0.0822. The normalized spacial score (nSPS) is 16.3. The van der Waals surface area contributed by atoms with Crippen molar-refractivity contribution in [3.05, 3.63) is 41.7 Å². The van der Waals surface area contributed by atoms with Crippen molar-refractivity contribution in [1.29, 1.82) is 0 Å². The molecule has 24 heavy (non-hydrogen) atoms. The first kappa shape index (κ1) is 16.2. The number of nitrogens with one attached hydrogen (secondary N) is 1. The van der Waals surface area contributed by atoms with Crippen LogP contribution >= 0.6 is 0 Å². The minimum absolute atomic E-state index is 0.0290. The van der Waals surface area contributed by atoms with E-state index in [0.29, 0.717) is 12.2 Å². The summed E-state index contributed by atoms with van der Waals surface area (Å²) >= 11 is 0. The maximum absolute atomic E-state index is 12.0. The van der Waals surface area contributed by atoms with Gasteiger partial charge in [0, 0.05) is 25.9 Å². The zero-order valence-corrected chi connectivity index (χ0v) is 14.5. The first-order valence-corrected chi connectivity index (χ1v) is 7.97. The number of carbonyl (C=O) groups excluding carboxylic acids is 1. The van der Waals surface area contributed by atoms with Crippen molar-refractivity contribution in [2.45, 2.75) is 19.6 Å². The molecule has 1 amide bonds. The molecular formula is C18H23N3O3. The molecule has 6 heteroatoms. The fourth-order valence-corrected chi connectivity index (χ4v) is 2.89. The van der Waals surface area contributed by atoms with Gasteiger partial charge in [-0.15, -0.1) is 0 Å². The van der Waals surface area contributed by atoms with Crippen LogP contribution in [-0.2, 0) is 6.54 Å². The van der Waals surface area contributed by atoms with E-state index in [1.165, 1.54) is 0 Å². The van der Waals surface area contributed by atoms with Gasteiger partial charge in [-0.3, -0.25) is 4.79 Å². The average molecular weight is 329 g/mol. The van der Waals surface area contributed by atoms with Crippen LogP contribution in [-0.4, -0.2) is 49.6 Å². The Labute approximate surface area is 142 Å². The lowest BCUT2D eigenvalue weighted by atomic mass is 10.2. The monoisotopic (exact) mass is 329 g/mol. The second-order valence-corrected chi connectivity index (χ2v) is 6.24. The molecule has 0 fully saturated rings. The third kappa shape index (κ3) is 3.18. The molecule has 1 aromatic carbocycles. The second-order valence-electron chi connectivity index (χ2n) is 6.24. The van der Waals surface area contributed by atoms with Crippen molar-refractivity contribution < 1.29 is 14.3 Å². The molecule has 1 aliphatic heterocycles. The Morgan fingerprint density at radius 3 is 2.88 bits per heavy atom. The van der Waals surface area contributed by atoms with E-state index < -0.39 is 0 Å². The van der Waals surface area contributed by atoms with Crippen LogP contribution in [0.5, 0.6) is 11.5 Å². The number of benzene rings is 1. The summed E-state index contributed by atoms with van der Waals surface area (Å²) in [6.45, 7) is 3.50. The topological polar surface area (TPSA) is 57.8 Å². The number of amides is 1. The standard InChI is InChI=1S/C18H23N3O3/c1-12-10-21(16-9-14(23-4)6-8-17(16)24-12)11-13-5-7-15(19-13)18(22)20(2)3/h5-9,12,19H,10-11H2,1-4H3/t12-/m0/s1. The molecule has 0 saturated heterocycles. The van der Waals surface area contributed by atoms with Gasteiger partial charge in [-0.25, -0.2) is 0 Å². The van der Waals surface area contributed by atoms with Gasteiger partial charge in [0.15, 0.2) is 0 Å². The summed E-state index contributed by atoms with van der Waals surface area (Å²) in [5.41, 5.74) is 2.59. The van der Waals surface area contributed by atoms with E-state index in [2.05, 4.69) is 16.8 Å². The number of methoxy groups -OCH3 is 1. The first-order chi connectivity index (χ1) is 11.5. The molecular weight excluding hydrogens is 306 g/mol. The van der Waals surface area contributed by atoms with Gasteiger partial charge in [0.1, 0.15) is 23.3 Å². The Morgan fingerprint density at radius 1 is 1.38 bits per heavy atom. The van der Waals surface area contributed by atoms with E-state index in [0.717, 1.165) is 29.4 Å². The van der Waals surface area contributed by atoms with Gasteiger partial charge in [-0.05, 0) is 31.2 Å². The molecule has 0 bridgehead atoms. The van der Waals surface area contributed by atoms with Gasteiger partial charge in [-0.2, -0.15) is 0 Å². The molecule has 0 unspecified atom stereocenters. The van der Waals surface area contributed by atoms with Gasteiger partial charge < -0.3 is 24.3 Å². The van der Waals surface area contributed by atoms with Crippen LogP contribution in [0.1, 0.15) is 23.1 Å². The highest BCUT2D eigenvalue weighted by molar-refractivity contribution is 5.92. The maximum atomic E-state index is 12.0. The number of rotatable bonds is 4. The highest BCUT2D eigenvalue weighted by atomic mass is 16.5. The number of carbonyl (C=O) groups is 1. The summed E-state index contributed by atoms with van der Waals surface area (Å²) in [6, 6.07) is 9.60. The number of ether oxygens (including phenoxy) is 2. The number of aromatic nitrogens is 1. The summed E-state index contributed by atoms with van der Waals surface area (Å²) in [5, 5.41) is 0. The third-order valence-corrected chi connectivity index (χ3v) is 4.06. The van der Waals surface area contributed by atoms with Crippen molar-refractivity contribution in [3.8, 4) is 11.5 Å². The largest absolute Gasteiger partial charge is 0.497 e. The van der Waals surface area contributed by atoms with Gasteiger partial charge in [0.05, 0.1) is 25.9 Å². The number of fused-ring (bicyclic) bond motifs is 1. The van der Waals surface area contributed by atoms with Gasteiger partial charge in [0.2, 0.25) is 0 Å². The van der Waals surface area contributed by atoms with E-state index in [-0.39, 0.29) is 12.0 Å². The predicted octanol–water partition coefficient (Wildman–Crippen LogP) is 2.51. The van der Waals surface area contributed by atoms with Crippen LogP contribution < -0.4 is 14.4 Å². The average Bonchev–Trinajstić information content (AvgIpc) is 3.02. The van der Waals surface area contributed by atoms with Crippen LogP contribution in [0.3, 0.4) is 0 Å². The fourth-order valence-electron chi connectivity index (χ4n) is 2.89. The van der Waals surface area contributed by atoms with Gasteiger partial charge >= 0.3 is 0 Å². The number of H-pyrrole nitrogens is 1. The van der Waals surface area contributed by atoms with Crippen LogP contribution in [0.15, 0.2) is 30.3 Å². The Hall–Kier alpha value is -2.63.